The van der Waals surface area contributed by atoms with Crippen LogP contribution in [-0.2, 0) is 4.79 Å². The van der Waals surface area contributed by atoms with Gasteiger partial charge in [-0.3, -0.25) is 4.79 Å². The number of hydrogen-bond donors (Lipinski definition) is 1. The number of hydrogen-bond acceptors (Lipinski definition) is 4. The maximum Gasteiger partial charge on any atom is 0.234 e. The summed E-state index contributed by atoms with van der Waals surface area (Å²) in [6, 6.07) is 8.99. The Morgan fingerprint density at radius 2 is 1.96 bits per heavy atom. The summed E-state index contributed by atoms with van der Waals surface area (Å²) < 4.78 is 27.8. The molecule has 0 aliphatic heterocycles. The number of anilines is 1. The first-order chi connectivity index (χ1) is 12.4. The maximum atomic E-state index is 13.2. The highest BCUT2D eigenvalue weighted by Crippen LogP contribution is 2.21. The Morgan fingerprint density at radius 1 is 1.15 bits per heavy atom. The largest absolute Gasteiger partial charge is 0.324 e. The number of aryl methyl sites for hydroxylation is 2. The number of amides is 1. The molecule has 0 radical (unpaired) electrons. The molecule has 26 heavy (non-hydrogen) atoms. The molecule has 1 aromatic carbocycles. The van der Waals surface area contributed by atoms with Gasteiger partial charge in [0, 0.05) is 10.6 Å². The zero-order chi connectivity index (χ0) is 18.7. The molecule has 134 valence electrons. The summed E-state index contributed by atoms with van der Waals surface area (Å²) in [5.41, 5.74) is 2.41. The molecule has 3 rings (SSSR count). The monoisotopic (exact) mass is 374 g/mol. The lowest BCUT2D eigenvalue weighted by Gasteiger charge is -2.07. The molecule has 0 atom stereocenters. The Labute approximate surface area is 153 Å². The van der Waals surface area contributed by atoms with Crippen molar-refractivity contribution in [2.75, 3.05) is 11.1 Å². The highest BCUT2D eigenvalue weighted by molar-refractivity contribution is 8.00. The van der Waals surface area contributed by atoms with E-state index in [1.54, 1.807) is 23.0 Å². The number of carbonyl (C=O) groups excluding carboxylic acids is 1. The first-order valence-electron chi connectivity index (χ1n) is 7.80. The van der Waals surface area contributed by atoms with E-state index < -0.39 is 11.6 Å². The van der Waals surface area contributed by atoms with Crippen LogP contribution in [0.4, 0.5) is 14.5 Å². The molecule has 0 aliphatic rings. The van der Waals surface area contributed by atoms with Crippen molar-refractivity contribution in [3.63, 3.8) is 0 Å². The number of aromatic nitrogens is 3. The maximum absolute atomic E-state index is 13.2. The van der Waals surface area contributed by atoms with Gasteiger partial charge in [0.2, 0.25) is 5.91 Å². The van der Waals surface area contributed by atoms with Crippen molar-refractivity contribution in [2.45, 2.75) is 18.7 Å². The molecule has 3 aromatic rings. The van der Waals surface area contributed by atoms with Crippen molar-refractivity contribution < 1.29 is 13.6 Å². The Morgan fingerprint density at radius 3 is 2.58 bits per heavy atom. The van der Waals surface area contributed by atoms with Crippen molar-refractivity contribution in [1.82, 2.24) is 14.8 Å². The molecule has 2 heterocycles. The van der Waals surface area contributed by atoms with Gasteiger partial charge in [0.15, 0.2) is 17.5 Å². The van der Waals surface area contributed by atoms with Crippen LogP contribution in [0.3, 0.4) is 0 Å². The minimum atomic E-state index is -0.931. The molecule has 8 heteroatoms. The number of nitrogens with zero attached hydrogens (tertiary/aromatic N) is 3. The number of rotatable bonds is 5. The summed E-state index contributed by atoms with van der Waals surface area (Å²) >= 11 is 1.12. The predicted octanol–water partition coefficient (Wildman–Crippen LogP) is 3.89. The number of halogens is 2. The summed E-state index contributed by atoms with van der Waals surface area (Å²) in [6.45, 7) is 3.84. The fraction of sp³-hybridized carbons (Fsp3) is 0.167. The van der Waals surface area contributed by atoms with Gasteiger partial charge in [-0.05, 0) is 50.2 Å². The van der Waals surface area contributed by atoms with Gasteiger partial charge in [-0.2, -0.15) is 5.10 Å². The Bertz CT molecular complexity index is 941. The van der Waals surface area contributed by atoms with Gasteiger partial charge in [0.1, 0.15) is 0 Å². The second kappa shape index (κ2) is 7.65. The Kier molecular flexibility index (Phi) is 5.32. The van der Waals surface area contributed by atoms with Crippen LogP contribution in [-0.4, -0.2) is 26.4 Å². The molecule has 5 nitrogen and oxygen atoms in total. The Balaban J connectivity index is 1.59. The minimum Gasteiger partial charge on any atom is -0.324 e. The van der Waals surface area contributed by atoms with Crippen molar-refractivity contribution in [1.29, 1.82) is 0 Å². The first kappa shape index (κ1) is 18.1. The SMILES string of the molecule is Cc1cc(C)n(-c2ccc(NC(=O)CSc3ccc(F)c(F)c3)cn2)n1. The summed E-state index contributed by atoms with van der Waals surface area (Å²) in [7, 11) is 0. The average Bonchev–Trinajstić information content (AvgIpc) is 2.95. The molecule has 1 N–H and O–H groups in total. The van der Waals surface area contributed by atoms with Gasteiger partial charge in [0.25, 0.3) is 0 Å². The van der Waals surface area contributed by atoms with Crippen LogP contribution >= 0.6 is 11.8 Å². The van der Waals surface area contributed by atoms with Crippen LogP contribution in [0.1, 0.15) is 11.4 Å². The smallest absolute Gasteiger partial charge is 0.234 e. The third kappa shape index (κ3) is 4.26. The summed E-state index contributed by atoms with van der Waals surface area (Å²) in [6.07, 6.45) is 1.55. The van der Waals surface area contributed by atoms with Crippen molar-refractivity contribution in [3.8, 4) is 5.82 Å². The number of benzene rings is 1. The topological polar surface area (TPSA) is 59.8 Å². The molecule has 0 aliphatic carbocycles. The molecule has 1 amide bonds. The van der Waals surface area contributed by atoms with Gasteiger partial charge < -0.3 is 5.32 Å². The number of nitrogens with one attached hydrogen (secondary N) is 1. The van der Waals surface area contributed by atoms with Crippen LogP contribution in [0.25, 0.3) is 5.82 Å². The number of pyridine rings is 1. The fourth-order valence-electron chi connectivity index (χ4n) is 2.36. The van der Waals surface area contributed by atoms with Crippen LogP contribution in [0, 0.1) is 25.5 Å². The minimum absolute atomic E-state index is 0.0737. The summed E-state index contributed by atoms with van der Waals surface area (Å²) in [5, 5.41) is 7.07. The normalized spacial score (nSPS) is 10.8. The third-order valence-corrected chi connectivity index (χ3v) is 4.51. The molecule has 2 aromatic heterocycles. The lowest BCUT2D eigenvalue weighted by atomic mass is 10.3. The second-order valence-electron chi connectivity index (χ2n) is 5.66. The van der Waals surface area contributed by atoms with Crippen LogP contribution in [0.15, 0.2) is 47.5 Å². The molecular weight excluding hydrogens is 358 g/mol. The van der Waals surface area contributed by atoms with Crippen molar-refractivity contribution >= 4 is 23.4 Å². The van der Waals surface area contributed by atoms with E-state index in [-0.39, 0.29) is 11.7 Å². The lowest BCUT2D eigenvalue weighted by Crippen LogP contribution is -2.14. The highest BCUT2D eigenvalue weighted by Gasteiger charge is 2.08. The van der Waals surface area contributed by atoms with Gasteiger partial charge in [0.05, 0.1) is 23.3 Å². The van der Waals surface area contributed by atoms with Gasteiger partial charge in [-0.15, -0.1) is 11.8 Å². The fourth-order valence-corrected chi connectivity index (χ4v) is 3.08. The Hall–Kier alpha value is -2.74. The third-order valence-electron chi connectivity index (χ3n) is 3.52. The van der Waals surface area contributed by atoms with E-state index in [0.717, 1.165) is 35.3 Å². The van der Waals surface area contributed by atoms with E-state index in [2.05, 4.69) is 15.4 Å². The lowest BCUT2D eigenvalue weighted by molar-refractivity contribution is -0.113. The van der Waals surface area contributed by atoms with E-state index in [0.29, 0.717) is 16.4 Å². The standard InChI is InChI=1S/C18H16F2N4OS/c1-11-7-12(2)24(23-11)17-6-3-13(9-21-17)22-18(25)10-26-14-4-5-15(19)16(20)8-14/h3-9H,10H2,1-2H3,(H,22,25). The molecule has 0 fully saturated rings. The van der Waals surface area contributed by atoms with E-state index in [9.17, 15) is 13.6 Å². The van der Waals surface area contributed by atoms with E-state index >= 15 is 0 Å². The quantitative estimate of drug-likeness (QED) is 0.688. The zero-order valence-corrected chi connectivity index (χ0v) is 15.0. The van der Waals surface area contributed by atoms with Crippen LogP contribution in [0.2, 0.25) is 0 Å². The van der Waals surface area contributed by atoms with Crippen LogP contribution < -0.4 is 5.32 Å². The molecule has 0 unspecified atom stereocenters. The highest BCUT2D eigenvalue weighted by atomic mass is 32.2. The van der Waals surface area contributed by atoms with Crippen molar-refractivity contribution in [3.05, 3.63) is 65.6 Å². The summed E-state index contributed by atoms with van der Waals surface area (Å²) in [5.74, 6) is -1.37. The second-order valence-corrected chi connectivity index (χ2v) is 6.71. The van der Waals surface area contributed by atoms with E-state index in [1.807, 2.05) is 19.9 Å². The molecule has 0 saturated carbocycles. The van der Waals surface area contributed by atoms with E-state index in [1.165, 1.54) is 6.07 Å². The first-order valence-corrected chi connectivity index (χ1v) is 8.78. The molecule has 0 bridgehead atoms. The number of carbonyl (C=O) groups is 1. The molecule has 0 saturated heterocycles. The molecular formula is C18H16F2N4OS. The number of thioether (sulfide) groups is 1. The van der Waals surface area contributed by atoms with Crippen molar-refractivity contribution in [2.24, 2.45) is 0 Å². The predicted molar refractivity (Wildman–Crippen MR) is 96.5 cm³/mol. The average molecular weight is 374 g/mol. The molecule has 0 spiro atoms. The zero-order valence-electron chi connectivity index (χ0n) is 14.2. The van der Waals surface area contributed by atoms with Gasteiger partial charge in [-0.25, -0.2) is 18.4 Å². The van der Waals surface area contributed by atoms with E-state index in [4.69, 9.17) is 0 Å². The van der Waals surface area contributed by atoms with Crippen LogP contribution in [0.5, 0.6) is 0 Å². The summed E-state index contributed by atoms with van der Waals surface area (Å²) in [4.78, 5) is 16.8. The van der Waals surface area contributed by atoms with Gasteiger partial charge in [-0.1, -0.05) is 0 Å². The van der Waals surface area contributed by atoms with Gasteiger partial charge >= 0.3 is 0 Å².